The molecule has 28 heavy (non-hydrogen) atoms. The number of benzene rings is 2. The maximum atomic E-state index is 12.2. The number of nitrogens with one attached hydrogen (secondary N) is 4. The Morgan fingerprint density at radius 2 is 1.82 bits per heavy atom. The van der Waals surface area contributed by atoms with Crippen molar-refractivity contribution in [2.24, 2.45) is 11.5 Å². The summed E-state index contributed by atoms with van der Waals surface area (Å²) in [7, 11) is 0. The lowest BCUT2D eigenvalue weighted by atomic mass is 9.99. The first-order valence-electron chi connectivity index (χ1n) is 9.02. The average Bonchev–Trinajstić information content (AvgIpc) is 2.65. The lowest BCUT2D eigenvalue weighted by molar-refractivity contribution is -0.132. The zero-order valence-corrected chi connectivity index (χ0v) is 15.8. The van der Waals surface area contributed by atoms with Gasteiger partial charge >= 0.3 is 5.97 Å². The highest BCUT2D eigenvalue weighted by molar-refractivity contribution is 5.98. The summed E-state index contributed by atoms with van der Waals surface area (Å²) < 4.78 is 5.31. The van der Waals surface area contributed by atoms with Crippen molar-refractivity contribution >= 4 is 29.1 Å². The first-order chi connectivity index (χ1) is 13.4. The summed E-state index contributed by atoms with van der Waals surface area (Å²) in [4.78, 5) is 12.2. The van der Waals surface area contributed by atoms with Crippen molar-refractivity contribution in [3.8, 4) is 5.75 Å². The van der Waals surface area contributed by atoms with Crippen LogP contribution in [0.2, 0.25) is 0 Å². The van der Waals surface area contributed by atoms with Crippen LogP contribution in [0.15, 0.2) is 42.5 Å². The number of ether oxygens (including phenoxy) is 1. The van der Waals surface area contributed by atoms with Gasteiger partial charge in [0.1, 0.15) is 18.1 Å². The van der Waals surface area contributed by atoms with Crippen molar-refractivity contribution < 1.29 is 9.53 Å². The van der Waals surface area contributed by atoms with Crippen LogP contribution in [-0.2, 0) is 11.2 Å². The van der Waals surface area contributed by atoms with Gasteiger partial charge in [-0.1, -0.05) is 25.5 Å². The van der Waals surface area contributed by atoms with Crippen LogP contribution in [0.1, 0.15) is 30.9 Å². The van der Waals surface area contributed by atoms with E-state index in [9.17, 15) is 4.79 Å². The minimum atomic E-state index is -0.443. The Morgan fingerprint density at radius 1 is 1.11 bits per heavy atom. The molecule has 0 aromatic heterocycles. The largest absolute Gasteiger partial charge is 0.425 e. The van der Waals surface area contributed by atoms with Gasteiger partial charge in [0.2, 0.25) is 0 Å². The van der Waals surface area contributed by atoms with Crippen LogP contribution in [0.25, 0.3) is 0 Å². The molecule has 2 aromatic rings. The van der Waals surface area contributed by atoms with E-state index in [0.29, 0.717) is 17.0 Å². The van der Waals surface area contributed by atoms with E-state index in [1.54, 1.807) is 30.3 Å². The summed E-state index contributed by atoms with van der Waals surface area (Å²) in [5, 5.41) is 20.7. The molecule has 8 nitrogen and oxygen atoms in total. The van der Waals surface area contributed by atoms with Gasteiger partial charge in [-0.3, -0.25) is 10.8 Å². The maximum absolute atomic E-state index is 12.2. The Morgan fingerprint density at radius 3 is 2.43 bits per heavy atom. The van der Waals surface area contributed by atoms with E-state index in [4.69, 9.17) is 27.0 Å². The quantitative estimate of drug-likeness (QED) is 0.170. The van der Waals surface area contributed by atoms with Crippen LogP contribution in [0.3, 0.4) is 0 Å². The van der Waals surface area contributed by atoms with Gasteiger partial charge in [-0.15, -0.1) is 0 Å². The van der Waals surface area contributed by atoms with E-state index in [1.807, 2.05) is 12.1 Å². The summed E-state index contributed by atoms with van der Waals surface area (Å²) in [6.45, 7) is 2.08. The molecule has 0 heterocycles. The number of carbonyl (C=O) groups is 1. The van der Waals surface area contributed by atoms with Gasteiger partial charge in [0.05, 0.1) is 0 Å². The lowest BCUT2D eigenvalue weighted by Gasteiger charge is -2.15. The number of unbranched alkanes of at least 4 members (excludes halogenated alkanes) is 1. The van der Waals surface area contributed by atoms with Crippen molar-refractivity contribution in [1.82, 2.24) is 0 Å². The molecule has 0 aliphatic rings. The number of hydrogen-bond donors (Lipinski definition) is 6. The molecule has 0 atom stereocenters. The average molecular weight is 382 g/mol. The molecule has 0 saturated heterocycles. The standard InChI is InChI=1S/C20H26N6O2/c1-2-3-5-15-16(19(21)22)6-4-7-17(15)25-12-18(27)28-14-10-8-13(9-11-14)26-20(23)24/h4,6-11,25H,2-3,5,12H2,1H3,(H3,21,22)(H4,23,24,26). The van der Waals surface area contributed by atoms with Crippen molar-refractivity contribution in [2.45, 2.75) is 26.2 Å². The molecule has 0 bridgehead atoms. The molecule has 2 rings (SSSR count). The van der Waals surface area contributed by atoms with E-state index in [0.717, 1.165) is 30.5 Å². The van der Waals surface area contributed by atoms with Crippen LogP contribution in [0, 0.1) is 10.8 Å². The van der Waals surface area contributed by atoms with Crippen LogP contribution in [0.5, 0.6) is 5.75 Å². The topological polar surface area (TPSA) is 150 Å². The molecule has 0 spiro atoms. The second-order valence-corrected chi connectivity index (χ2v) is 6.24. The Balaban J connectivity index is 2.01. The first-order valence-corrected chi connectivity index (χ1v) is 9.02. The second kappa shape index (κ2) is 9.96. The van der Waals surface area contributed by atoms with Crippen LogP contribution >= 0.6 is 0 Å². The van der Waals surface area contributed by atoms with Gasteiger partial charge in [-0.2, -0.15) is 0 Å². The summed E-state index contributed by atoms with van der Waals surface area (Å²) in [5.41, 5.74) is 14.0. The molecule has 0 fully saturated rings. The molecule has 2 aromatic carbocycles. The molecule has 8 N–H and O–H groups in total. The van der Waals surface area contributed by atoms with E-state index in [2.05, 4.69) is 17.6 Å². The third kappa shape index (κ3) is 6.01. The summed E-state index contributed by atoms with van der Waals surface area (Å²) in [6.07, 6.45) is 2.75. The fourth-order valence-corrected chi connectivity index (χ4v) is 2.72. The lowest BCUT2D eigenvalue weighted by Crippen LogP contribution is -2.22. The normalized spacial score (nSPS) is 10.2. The Kier molecular flexibility index (Phi) is 7.38. The Labute approximate surface area is 164 Å². The summed E-state index contributed by atoms with van der Waals surface area (Å²) in [6, 6.07) is 12.0. The highest BCUT2D eigenvalue weighted by Gasteiger charge is 2.12. The molecule has 0 unspecified atom stereocenters. The minimum absolute atomic E-state index is 0.0107. The number of guanidine groups is 1. The van der Waals surface area contributed by atoms with E-state index >= 15 is 0 Å². The smallest absolute Gasteiger partial charge is 0.330 e. The van der Waals surface area contributed by atoms with E-state index < -0.39 is 5.97 Å². The highest BCUT2D eigenvalue weighted by atomic mass is 16.5. The van der Waals surface area contributed by atoms with Crippen molar-refractivity contribution in [3.63, 3.8) is 0 Å². The zero-order valence-electron chi connectivity index (χ0n) is 15.8. The molecular formula is C20H26N6O2. The van der Waals surface area contributed by atoms with E-state index in [-0.39, 0.29) is 18.3 Å². The van der Waals surface area contributed by atoms with Gasteiger partial charge in [0.25, 0.3) is 0 Å². The van der Waals surface area contributed by atoms with Gasteiger partial charge in [0, 0.05) is 16.9 Å². The molecule has 0 aliphatic heterocycles. The number of amidine groups is 1. The van der Waals surface area contributed by atoms with Gasteiger partial charge in [0.15, 0.2) is 5.96 Å². The molecule has 0 saturated carbocycles. The molecule has 0 aliphatic carbocycles. The SMILES string of the molecule is CCCCc1c(NCC(=O)Oc2ccc(NC(=N)N)cc2)cccc1C(=N)N. The fourth-order valence-electron chi connectivity index (χ4n) is 2.72. The predicted octanol–water partition coefficient (Wildman–Crippen LogP) is 2.64. The maximum Gasteiger partial charge on any atom is 0.330 e. The number of esters is 1. The monoisotopic (exact) mass is 382 g/mol. The Hall–Kier alpha value is -3.55. The van der Waals surface area contributed by atoms with E-state index in [1.165, 1.54) is 0 Å². The third-order valence-electron chi connectivity index (χ3n) is 4.03. The fraction of sp³-hybridized carbons (Fsp3) is 0.250. The predicted molar refractivity (Wildman–Crippen MR) is 112 cm³/mol. The van der Waals surface area contributed by atoms with Gasteiger partial charge in [-0.25, -0.2) is 4.79 Å². The molecule has 8 heteroatoms. The minimum Gasteiger partial charge on any atom is -0.425 e. The number of anilines is 2. The molecule has 0 amide bonds. The molecule has 0 radical (unpaired) electrons. The zero-order chi connectivity index (χ0) is 20.5. The first kappa shape index (κ1) is 20.8. The third-order valence-corrected chi connectivity index (χ3v) is 4.03. The highest BCUT2D eigenvalue weighted by Crippen LogP contribution is 2.22. The molecular weight excluding hydrogens is 356 g/mol. The van der Waals surface area contributed by atoms with Crippen molar-refractivity contribution in [2.75, 3.05) is 17.2 Å². The second-order valence-electron chi connectivity index (χ2n) is 6.24. The number of carbonyl (C=O) groups excluding carboxylic acids is 1. The number of nitrogens with two attached hydrogens (primary N) is 2. The van der Waals surface area contributed by atoms with Crippen LogP contribution in [-0.4, -0.2) is 24.3 Å². The van der Waals surface area contributed by atoms with Crippen molar-refractivity contribution in [3.05, 3.63) is 53.6 Å². The molecule has 148 valence electrons. The number of rotatable bonds is 9. The number of hydrogen-bond acceptors (Lipinski definition) is 5. The Bertz CT molecular complexity index is 848. The van der Waals surface area contributed by atoms with Crippen molar-refractivity contribution in [1.29, 1.82) is 10.8 Å². The van der Waals surface area contributed by atoms with Gasteiger partial charge < -0.3 is 26.8 Å². The number of nitrogen functional groups attached to an aromatic ring is 1. The van der Waals surface area contributed by atoms with Crippen LogP contribution in [0.4, 0.5) is 11.4 Å². The summed E-state index contributed by atoms with van der Waals surface area (Å²) in [5.74, 6) is -0.205. The van der Waals surface area contributed by atoms with Gasteiger partial charge in [-0.05, 0) is 48.7 Å². The summed E-state index contributed by atoms with van der Waals surface area (Å²) >= 11 is 0. The van der Waals surface area contributed by atoms with Crippen LogP contribution < -0.4 is 26.8 Å².